The Kier molecular flexibility index (Phi) is 5.27. The molecule has 0 amide bonds. The zero-order valence-corrected chi connectivity index (χ0v) is 12.5. The molecule has 0 atom stereocenters. The number of carbonyl (C=O) groups is 1. The van der Waals surface area contributed by atoms with Crippen LogP contribution >= 0.6 is 11.6 Å². The Hall–Kier alpha value is -2.21. The van der Waals surface area contributed by atoms with Gasteiger partial charge in [-0.25, -0.2) is 18.6 Å². The van der Waals surface area contributed by atoms with Crippen LogP contribution in [0.1, 0.15) is 22.8 Å². The molecule has 1 aromatic carbocycles. The molecule has 22 heavy (non-hydrogen) atoms. The fourth-order valence-corrected chi connectivity index (χ4v) is 2.02. The van der Waals surface area contributed by atoms with E-state index < -0.39 is 17.6 Å². The average Bonchev–Trinajstić information content (AvgIpc) is 2.44. The Morgan fingerprint density at radius 2 is 1.95 bits per heavy atom. The van der Waals surface area contributed by atoms with Gasteiger partial charge < -0.3 is 10.1 Å². The predicted octanol–water partition coefficient (Wildman–Crippen LogP) is 3.80. The fraction of sp³-hybridized carbons (Fsp3) is 0.200. The molecule has 1 heterocycles. The molecule has 7 heteroatoms. The number of aromatic nitrogens is 1. The molecule has 1 aromatic heterocycles. The van der Waals surface area contributed by atoms with E-state index in [1.807, 2.05) is 0 Å². The van der Waals surface area contributed by atoms with E-state index in [1.165, 1.54) is 24.4 Å². The van der Waals surface area contributed by atoms with Crippen LogP contribution in [-0.2, 0) is 11.3 Å². The molecule has 0 aliphatic carbocycles. The summed E-state index contributed by atoms with van der Waals surface area (Å²) in [6, 6.07) is 4.63. The Balaban J connectivity index is 2.21. The summed E-state index contributed by atoms with van der Waals surface area (Å²) >= 11 is 5.81. The number of hydrogen-bond donors (Lipinski definition) is 1. The molecule has 1 N–H and O–H groups in total. The van der Waals surface area contributed by atoms with Gasteiger partial charge >= 0.3 is 5.97 Å². The number of esters is 1. The van der Waals surface area contributed by atoms with Crippen LogP contribution in [0.25, 0.3) is 0 Å². The minimum atomic E-state index is -0.671. The number of pyridine rings is 1. The summed E-state index contributed by atoms with van der Waals surface area (Å²) in [4.78, 5) is 15.7. The first-order chi connectivity index (χ1) is 10.5. The largest absolute Gasteiger partial charge is 0.462 e. The second kappa shape index (κ2) is 7.17. The van der Waals surface area contributed by atoms with Gasteiger partial charge in [-0.15, -0.1) is 0 Å². The van der Waals surface area contributed by atoms with E-state index in [2.05, 4.69) is 10.3 Å². The van der Waals surface area contributed by atoms with Gasteiger partial charge in [-0.3, -0.25) is 0 Å². The van der Waals surface area contributed by atoms with E-state index in [-0.39, 0.29) is 23.9 Å². The van der Waals surface area contributed by atoms with E-state index in [9.17, 15) is 13.6 Å². The van der Waals surface area contributed by atoms with Crippen LogP contribution in [0.3, 0.4) is 0 Å². The first-order valence-electron chi connectivity index (χ1n) is 6.51. The number of carbonyl (C=O) groups excluding carboxylic acids is 1. The molecule has 4 nitrogen and oxygen atoms in total. The summed E-state index contributed by atoms with van der Waals surface area (Å²) in [7, 11) is 0. The van der Waals surface area contributed by atoms with Crippen molar-refractivity contribution >= 4 is 23.3 Å². The standard InChI is InChI=1S/C15H13ClF2N2O2/c1-2-22-15(21)12-8-20-14(16)6-13(12)19-7-9-3-10(17)5-11(18)4-9/h3-6,8H,2,7H2,1H3,(H,19,20). The molecule has 0 aliphatic rings. The minimum absolute atomic E-state index is 0.113. The Labute approximate surface area is 131 Å². The van der Waals surface area contributed by atoms with Gasteiger partial charge in [0, 0.05) is 18.8 Å². The van der Waals surface area contributed by atoms with E-state index >= 15 is 0 Å². The predicted molar refractivity (Wildman–Crippen MR) is 78.9 cm³/mol. The monoisotopic (exact) mass is 326 g/mol. The fourth-order valence-electron chi connectivity index (χ4n) is 1.86. The number of hydrogen-bond acceptors (Lipinski definition) is 4. The lowest BCUT2D eigenvalue weighted by atomic mass is 10.2. The van der Waals surface area contributed by atoms with Crippen LogP contribution in [0.4, 0.5) is 14.5 Å². The van der Waals surface area contributed by atoms with Crippen molar-refractivity contribution in [2.45, 2.75) is 13.5 Å². The maximum Gasteiger partial charge on any atom is 0.341 e. The van der Waals surface area contributed by atoms with Gasteiger partial charge in [0.15, 0.2) is 0 Å². The van der Waals surface area contributed by atoms with Gasteiger partial charge in [-0.05, 0) is 30.7 Å². The quantitative estimate of drug-likeness (QED) is 0.670. The number of ether oxygens (including phenoxy) is 1. The molecule has 0 unspecified atom stereocenters. The highest BCUT2D eigenvalue weighted by atomic mass is 35.5. The third-order valence-corrected chi connectivity index (χ3v) is 2.98. The number of nitrogens with zero attached hydrogens (tertiary/aromatic N) is 1. The molecule has 2 aromatic rings. The lowest BCUT2D eigenvalue weighted by Gasteiger charge is -2.11. The molecule has 116 valence electrons. The van der Waals surface area contributed by atoms with Crippen molar-refractivity contribution in [2.75, 3.05) is 11.9 Å². The van der Waals surface area contributed by atoms with Crippen LogP contribution < -0.4 is 5.32 Å². The first-order valence-corrected chi connectivity index (χ1v) is 6.89. The molecule has 0 saturated heterocycles. The lowest BCUT2D eigenvalue weighted by Crippen LogP contribution is -2.10. The highest BCUT2D eigenvalue weighted by Gasteiger charge is 2.14. The maximum atomic E-state index is 13.2. The van der Waals surface area contributed by atoms with Gasteiger partial charge in [0.1, 0.15) is 22.4 Å². The minimum Gasteiger partial charge on any atom is -0.462 e. The van der Waals surface area contributed by atoms with Crippen molar-refractivity contribution in [3.05, 3.63) is 58.4 Å². The number of benzene rings is 1. The van der Waals surface area contributed by atoms with Crippen LogP contribution in [0, 0.1) is 11.6 Å². The second-order valence-electron chi connectivity index (χ2n) is 4.40. The Morgan fingerprint density at radius 3 is 2.59 bits per heavy atom. The molecular weight excluding hydrogens is 314 g/mol. The van der Waals surface area contributed by atoms with Crippen molar-refractivity contribution in [2.24, 2.45) is 0 Å². The van der Waals surface area contributed by atoms with E-state index in [4.69, 9.17) is 16.3 Å². The van der Waals surface area contributed by atoms with Crippen molar-refractivity contribution in [3.8, 4) is 0 Å². The molecule has 0 fully saturated rings. The number of halogens is 3. The van der Waals surface area contributed by atoms with Gasteiger partial charge in [0.2, 0.25) is 0 Å². The first kappa shape index (κ1) is 16.2. The highest BCUT2D eigenvalue weighted by Crippen LogP contribution is 2.21. The Morgan fingerprint density at radius 1 is 1.27 bits per heavy atom. The Bertz CT molecular complexity index is 675. The summed E-state index contributed by atoms with van der Waals surface area (Å²) in [5.41, 5.74) is 0.964. The molecular formula is C15H13ClF2N2O2. The smallest absolute Gasteiger partial charge is 0.341 e. The van der Waals surface area contributed by atoms with Crippen molar-refractivity contribution < 1.29 is 18.3 Å². The van der Waals surface area contributed by atoms with Gasteiger partial charge in [0.05, 0.1) is 12.3 Å². The summed E-state index contributed by atoms with van der Waals surface area (Å²) in [5.74, 6) is -1.90. The molecule has 2 rings (SSSR count). The van der Waals surface area contributed by atoms with E-state index in [0.29, 0.717) is 11.3 Å². The molecule has 0 spiro atoms. The van der Waals surface area contributed by atoms with Crippen molar-refractivity contribution in [3.63, 3.8) is 0 Å². The molecule has 0 radical (unpaired) electrons. The SMILES string of the molecule is CCOC(=O)c1cnc(Cl)cc1NCc1cc(F)cc(F)c1. The number of anilines is 1. The summed E-state index contributed by atoms with van der Waals surface area (Å²) in [6.45, 7) is 2.02. The maximum absolute atomic E-state index is 13.2. The number of nitrogens with one attached hydrogen (secondary N) is 1. The van der Waals surface area contributed by atoms with Crippen molar-refractivity contribution in [1.29, 1.82) is 0 Å². The molecule has 0 bridgehead atoms. The van der Waals surface area contributed by atoms with Crippen LogP contribution in [0.2, 0.25) is 5.15 Å². The average molecular weight is 327 g/mol. The third-order valence-electron chi connectivity index (χ3n) is 2.77. The molecule has 0 aliphatic heterocycles. The van der Waals surface area contributed by atoms with Gasteiger partial charge in [-0.2, -0.15) is 0 Å². The van der Waals surface area contributed by atoms with Crippen LogP contribution in [-0.4, -0.2) is 17.6 Å². The van der Waals surface area contributed by atoms with Crippen LogP contribution in [0.15, 0.2) is 30.5 Å². The third kappa shape index (κ3) is 4.14. The summed E-state index contributed by atoms with van der Waals surface area (Å²) in [6.07, 6.45) is 1.29. The second-order valence-corrected chi connectivity index (χ2v) is 4.79. The highest BCUT2D eigenvalue weighted by molar-refractivity contribution is 6.29. The van der Waals surface area contributed by atoms with Crippen LogP contribution in [0.5, 0.6) is 0 Å². The molecule has 0 saturated carbocycles. The number of rotatable bonds is 5. The normalized spacial score (nSPS) is 10.4. The van der Waals surface area contributed by atoms with Crippen molar-refractivity contribution in [1.82, 2.24) is 4.98 Å². The summed E-state index contributed by atoms with van der Waals surface area (Å²) in [5, 5.41) is 3.09. The van der Waals surface area contributed by atoms with Gasteiger partial charge in [-0.1, -0.05) is 11.6 Å². The van der Waals surface area contributed by atoms with E-state index in [0.717, 1.165) is 6.07 Å². The zero-order chi connectivity index (χ0) is 16.1. The zero-order valence-electron chi connectivity index (χ0n) is 11.7. The van der Waals surface area contributed by atoms with E-state index in [1.54, 1.807) is 6.92 Å². The lowest BCUT2D eigenvalue weighted by molar-refractivity contribution is 0.0527. The topological polar surface area (TPSA) is 51.2 Å². The van der Waals surface area contributed by atoms with Gasteiger partial charge in [0.25, 0.3) is 0 Å². The summed E-state index contributed by atoms with van der Waals surface area (Å²) < 4.78 is 31.2.